The summed E-state index contributed by atoms with van der Waals surface area (Å²) in [5, 5.41) is 14.7. The minimum Gasteiger partial charge on any atom is -0.507 e. The van der Waals surface area contributed by atoms with Gasteiger partial charge in [0, 0.05) is 0 Å². The number of aromatic hydroxyl groups is 1. The first-order valence-corrected chi connectivity index (χ1v) is 7.86. The number of hydrogen-bond acceptors (Lipinski definition) is 3. The van der Waals surface area contributed by atoms with Crippen molar-refractivity contribution in [2.45, 2.75) is 43.4 Å². The third kappa shape index (κ3) is 3.23. The molecule has 5 heteroatoms. The Hall–Kier alpha value is -1.07. The predicted molar refractivity (Wildman–Crippen MR) is 69.8 cm³/mol. The lowest BCUT2D eigenvalue weighted by molar-refractivity contribution is 0.356. The minimum atomic E-state index is -3.83. The quantitative estimate of drug-likeness (QED) is 0.882. The third-order valence-corrected chi connectivity index (χ3v) is 4.54. The molecule has 18 heavy (non-hydrogen) atoms. The van der Waals surface area contributed by atoms with Crippen LogP contribution in [0.3, 0.4) is 0 Å². The lowest BCUT2D eigenvalue weighted by Crippen LogP contribution is -2.13. The fraction of sp³-hybridized carbons (Fsp3) is 0.538. The maximum absolute atomic E-state index is 11.2. The molecule has 0 saturated heterocycles. The third-order valence-electron chi connectivity index (χ3n) is 3.58. The largest absolute Gasteiger partial charge is 0.507 e. The molecule has 1 aliphatic rings. The van der Waals surface area contributed by atoms with E-state index in [1.54, 1.807) is 6.07 Å². The lowest BCUT2D eigenvalue weighted by atomic mass is 9.85. The summed E-state index contributed by atoms with van der Waals surface area (Å²) in [5.74, 6) is 0.407. The summed E-state index contributed by atoms with van der Waals surface area (Å²) in [4.78, 5) is -0.199. The molecule has 0 amide bonds. The Bertz CT molecular complexity index is 519. The Morgan fingerprint density at radius 2 is 1.89 bits per heavy atom. The zero-order valence-corrected chi connectivity index (χ0v) is 11.1. The van der Waals surface area contributed by atoms with Gasteiger partial charge in [0.05, 0.1) is 0 Å². The first kappa shape index (κ1) is 13.4. The maximum Gasteiger partial charge on any atom is 0.241 e. The van der Waals surface area contributed by atoms with Gasteiger partial charge >= 0.3 is 0 Å². The Balaban J connectivity index is 2.13. The van der Waals surface area contributed by atoms with Gasteiger partial charge in [0.15, 0.2) is 0 Å². The first-order valence-electron chi connectivity index (χ1n) is 6.31. The van der Waals surface area contributed by atoms with E-state index in [0.29, 0.717) is 5.92 Å². The van der Waals surface area contributed by atoms with Gasteiger partial charge in [0.2, 0.25) is 10.0 Å². The monoisotopic (exact) mass is 269 g/mol. The Labute approximate surface area is 108 Å². The van der Waals surface area contributed by atoms with Gasteiger partial charge in [-0.05, 0) is 30.0 Å². The highest BCUT2D eigenvalue weighted by molar-refractivity contribution is 7.89. The smallest absolute Gasteiger partial charge is 0.241 e. The van der Waals surface area contributed by atoms with Crippen molar-refractivity contribution in [2.75, 3.05) is 0 Å². The Morgan fingerprint density at radius 3 is 2.44 bits per heavy atom. The lowest BCUT2D eigenvalue weighted by Gasteiger charge is -2.21. The van der Waals surface area contributed by atoms with Gasteiger partial charge in [-0.15, -0.1) is 0 Å². The Morgan fingerprint density at radius 1 is 1.22 bits per heavy atom. The summed E-state index contributed by atoms with van der Waals surface area (Å²) in [6.07, 6.45) is 7.19. The summed E-state index contributed by atoms with van der Waals surface area (Å²) in [6.45, 7) is 0. The van der Waals surface area contributed by atoms with Crippen LogP contribution in [0.4, 0.5) is 0 Å². The molecule has 0 aromatic heterocycles. The Kier molecular flexibility index (Phi) is 3.92. The highest BCUT2D eigenvalue weighted by Gasteiger charge is 2.17. The number of phenolic OH excluding ortho intramolecular Hbond substituents is 1. The summed E-state index contributed by atoms with van der Waals surface area (Å²) in [5.41, 5.74) is 0.979. The molecule has 1 saturated carbocycles. The number of primary sulfonamides is 1. The van der Waals surface area contributed by atoms with Crippen molar-refractivity contribution >= 4 is 10.0 Å². The summed E-state index contributed by atoms with van der Waals surface area (Å²) in [7, 11) is -3.83. The van der Waals surface area contributed by atoms with Crippen molar-refractivity contribution in [3.8, 4) is 5.75 Å². The van der Waals surface area contributed by atoms with Crippen LogP contribution in [0, 0.1) is 5.92 Å². The number of benzene rings is 1. The van der Waals surface area contributed by atoms with Crippen LogP contribution in [-0.4, -0.2) is 13.5 Å². The van der Waals surface area contributed by atoms with Crippen molar-refractivity contribution in [1.82, 2.24) is 0 Å². The molecule has 0 radical (unpaired) electrons. The van der Waals surface area contributed by atoms with Crippen molar-refractivity contribution in [3.63, 3.8) is 0 Å². The highest BCUT2D eigenvalue weighted by Crippen LogP contribution is 2.29. The molecule has 0 bridgehead atoms. The van der Waals surface area contributed by atoms with Crippen LogP contribution in [-0.2, 0) is 16.4 Å². The van der Waals surface area contributed by atoms with E-state index < -0.39 is 10.0 Å². The topological polar surface area (TPSA) is 80.4 Å². The number of rotatable bonds is 3. The first-order chi connectivity index (χ1) is 8.47. The second-order valence-corrected chi connectivity index (χ2v) is 6.59. The number of nitrogens with two attached hydrogens (primary N) is 1. The molecule has 1 fully saturated rings. The van der Waals surface area contributed by atoms with E-state index in [4.69, 9.17) is 5.14 Å². The average Bonchev–Trinajstić information content (AvgIpc) is 2.28. The number of phenols is 1. The van der Waals surface area contributed by atoms with E-state index in [0.717, 1.165) is 12.0 Å². The van der Waals surface area contributed by atoms with Crippen molar-refractivity contribution in [3.05, 3.63) is 23.8 Å². The molecule has 1 aliphatic carbocycles. The van der Waals surface area contributed by atoms with E-state index >= 15 is 0 Å². The molecule has 0 heterocycles. The standard InChI is InChI=1S/C13H19NO3S/c14-18(16,17)13-7-6-11(9-12(13)15)8-10-4-2-1-3-5-10/h6-7,9-10,15H,1-5,8H2,(H2,14,16,17). The summed E-state index contributed by atoms with van der Waals surface area (Å²) in [6, 6.07) is 4.66. The van der Waals surface area contributed by atoms with E-state index in [1.807, 2.05) is 0 Å². The normalized spacial score (nSPS) is 17.8. The van der Waals surface area contributed by atoms with Crippen LogP contribution in [0.5, 0.6) is 5.75 Å². The fourth-order valence-corrected chi connectivity index (χ4v) is 3.26. The molecular weight excluding hydrogens is 250 g/mol. The molecule has 3 N–H and O–H groups in total. The number of sulfonamides is 1. The van der Waals surface area contributed by atoms with Gasteiger partial charge in [-0.1, -0.05) is 38.2 Å². The van der Waals surface area contributed by atoms with Crippen molar-refractivity contribution in [2.24, 2.45) is 11.1 Å². The van der Waals surface area contributed by atoms with Crippen molar-refractivity contribution in [1.29, 1.82) is 0 Å². The SMILES string of the molecule is NS(=O)(=O)c1ccc(CC2CCCCC2)cc1O. The van der Waals surface area contributed by atoms with Gasteiger partial charge in [-0.3, -0.25) is 0 Å². The van der Waals surface area contributed by atoms with Crippen LogP contribution in [0.1, 0.15) is 37.7 Å². The van der Waals surface area contributed by atoms with Crippen molar-refractivity contribution < 1.29 is 13.5 Å². The van der Waals surface area contributed by atoms with Crippen LogP contribution < -0.4 is 5.14 Å². The predicted octanol–water partition coefficient (Wildman–Crippen LogP) is 2.16. The van der Waals surface area contributed by atoms with Crippen LogP contribution in [0.2, 0.25) is 0 Å². The number of hydrogen-bond donors (Lipinski definition) is 2. The maximum atomic E-state index is 11.2. The second kappa shape index (κ2) is 5.28. The van der Waals surface area contributed by atoms with Crippen LogP contribution in [0.25, 0.3) is 0 Å². The van der Waals surface area contributed by atoms with Gasteiger partial charge in [-0.25, -0.2) is 13.6 Å². The van der Waals surface area contributed by atoms with Crippen LogP contribution in [0.15, 0.2) is 23.1 Å². The summed E-state index contributed by atoms with van der Waals surface area (Å²) < 4.78 is 22.3. The molecular formula is C13H19NO3S. The zero-order valence-electron chi connectivity index (χ0n) is 10.3. The molecule has 100 valence electrons. The molecule has 0 atom stereocenters. The minimum absolute atomic E-state index is 0.199. The summed E-state index contributed by atoms with van der Waals surface area (Å²) >= 11 is 0. The molecule has 4 nitrogen and oxygen atoms in total. The van der Waals surface area contributed by atoms with Gasteiger partial charge < -0.3 is 5.11 Å². The van der Waals surface area contributed by atoms with E-state index in [1.165, 1.54) is 44.2 Å². The van der Waals surface area contributed by atoms with Crippen LogP contribution >= 0.6 is 0 Å². The van der Waals surface area contributed by atoms with Gasteiger partial charge in [0.25, 0.3) is 0 Å². The molecule has 2 rings (SSSR count). The fourth-order valence-electron chi connectivity index (χ4n) is 2.66. The molecule has 1 aromatic carbocycles. The van der Waals surface area contributed by atoms with E-state index in [2.05, 4.69) is 0 Å². The molecule has 0 spiro atoms. The molecule has 0 aliphatic heterocycles. The van der Waals surface area contributed by atoms with E-state index in [-0.39, 0.29) is 10.6 Å². The van der Waals surface area contributed by atoms with E-state index in [9.17, 15) is 13.5 Å². The molecule has 0 unspecified atom stereocenters. The zero-order chi connectivity index (χ0) is 13.2. The molecule has 1 aromatic rings. The van der Waals surface area contributed by atoms with Gasteiger partial charge in [-0.2, -0.15) is 0 Å². The average molecular weight is 269 g/mol. The van der Waals surface area contributed by atoms with Gasteiger partial charge in [0.1, 0.15) is 10.6 Å². The highest BCUT2D eigenvalue weighted by atomic mass is 32.2. The second-order valence-electron chi connectivity index (χ2n) is 5.06.